The van der Waals surface area contributed by atoms with Gasteiger partial charge in [-0.25, -0.2) is 9.78 Å². The van der Waals surface area contributed by atoms with E-state index in [4.69, 9.17) is 14.1 Å². The zero-order chi connectivity index (χ0) is 20.7. The summed E-state index contributed by atoms with van der Waals surface area (Å²) in [6.07, 6.45) is 6.17. The van der Waals surface area contributed by atoms with E-state index < -0.39 is 12.1 Å². The smallest absolute Gasteiger partial charge is 0.339 e. The van der Waals surface area contributed by atoms with Gasteiger partial charge in [-0.3, -0.25) is 4.79 Å². The Kier molecular flexibility index (Phi) is 4.62. The normalized spacial score (nSPS) is 17.7. The van der Waals surface area contributed by atoms with Gasteiger partial charge in [-0.15, -0.1) is 0 Å². The molecule has 30 heavy (non-hydrogen) atoms. The van der Waals surface area contributed by atoms with E-state index >= 15 is 0 Å². The second-order valence-electron chi connectivity index (χ2n) is 7.85. The first kappa shape index (κ1) is 18.6. The number of fused-ring (bicyclic) bond motifs is 2. The lowest BCUT2D eigenvalue weighted by molar-refractivity contribution is -0.129. The van der Waals surface area contributed by atoms with Gasteiger partial charge < -0.3 is 14.5 Å². The molecule has 1 N–H and O–H groups in total. The van der Waals surface area contributed by atoms with Crippen LogP contribution in [0.5, 0.6) is 0 Å². The highest BCUT2D eigenvalue weighted by Gasteiger charge is 2.31. The van der Waals surface area contributed by atoms with Crippen molar-refractivity contribution in [2.45, 2.75) is 44.8 Å². The van der Waals surface area contributed by atoms with Gasteiger partial charge in [0.15, 0.2) is 6.10 Å². The molecule has 1 aromatic carbocycles. The van der Waals surface area contributed by atoms with Crippen LogP contribution < -0.4 is 5.32 Å². The monoisotopic (exact) mass is 402 g/mol. The number of carbonyl (C=O) groups excluding carboxylic acids is 2. The highest BCUT2D eigenvalue weighted by molar-refractivity contribution is 6.07. The summed E-state index contributed by atoms with van der Waals surface area (Å²) in [6, 6.07) is 11.5. The van der Waals surface area contributed by atoms with Gasteiger partial charge >= 0.3 is 5.97 Å². The number of para-hydroxylation sites is 1. The van der Waals surface area contributed by atoms with Gasteiger partial charge in [0.05, 0.1) is 23.0 Å². The van der Waals surface area contributed by atoms with Crippen molar-refractivity contribution >= 4 is 34.4 Å². The SMILES string of the molecule is CC(OC(=O)c1c2c(nc3ccccc13)/C(=C/c1ccco1)CC2)C(=O)NC1CC1. The number of aromatic nitrogens is 1. The average Bonchev–Trinajstić information content (AvgIpc) is 3.25. The minimum Gasteiger partial charge on any atom is -0.465 e. The maximum atomic E-state index is 13.2. The molecule has 3 aromatic rings. The summed E-state index contributed by atoms with van der Waals surface area (Å²) in [5, 5.41) is 3.63. The zero-order valence-corrected chi connectivity index (χ0v) is 16.7. The third-order valence-electron chi connectivity index (χ3n) is 5.58. The van der Waals surface area contributed by atoms with Gasteiger partial charge in [-0.05, 0) is 68.0 Å². The number of furan rings is 1. The van der Waals surface area contributed by atoms with Crippen molar-refractivity contribution in [3.05, 3.63) is 65.2 Å². The molecule has 6 nitrogen and oxygen atoms in total. The van der Waals surface area contributed by atoms with Crippen LogP contribution in [0.15, 0.2) is 47.1 Å². The van der Waals surface area contributed by atoms with Gasteiger partial charge in [0.25, 0.3) is 5.91 Å². The number of hydrogen-bond acceptors (Lipinski definition) is 5. The van der Waals surface area contributed by atoms with Crippen molar-refractivity contribution < 1.29 is 18.7 Å². The maximum absolute atomic E-state index is 13.2. The van der Waals surface area contributed by atoms with E-state index in [0.29, 0.717) is 12.0 Å². The Morgan fingerprint density at radius 1 is 1.20 bits per heavy atom. The lowest BCUT2D eigenvalue weighted by Crippen LogP contribution is -2.37. The Labute approximate surface area is 173 Å². The lowest BCUT2D eigenvalue weighted by atomic mass is 10.0. The summed E-state index contributed by atoms with van der Waals surface area (Å²) in [4.78, 5) is 30.3. The Balaban J connectivity index is 1.53. The van der Waals surface area contributed by atoms with Gasteiger partial charge in [0.2, 0.25) is 0 Å². The number of pyridine rings is 1. The van der Waals surface area contributed by atoms with Crippen LogP contribution in [0.4, 0.5) is 0 Å². The van der Waals surface area contributed by atoms with Crippen LogP contribution in [-0.4, -0.2) is 29.0 Å². The number of esters is 1. The van der Waals surface area contributed by atoms with Gasteiger partial charge in [0, 0.05) is 11.4 Å². The van der Waals surface area contributed by atoms with Crippen LogP contribution in [0, 0.1) is 0 Å². The molecule has 2 aromatic heterocycles. The molecular formula is C24H22N2O4. The molecule has 0 spiro atoms. The standard InChI is InChI=1S/C24H22N2O4/c1-14(23(27)25-16-9-10-16)30-24(28)21-18-6-2-3-7-20(18)26-22-15(8-11-19(21)22)13-17-5-4-12-29-17/h2-7,12-14,16H,8-11H2,1H3,(H,25,27)/b15-13+. The second kappa shape index (κ2) is 7.44. The molecule has 0 radical (unpaired) electrons. The molecule has 1 unspecified atom stereocenters. The number of benzene rings is 1. The Hall–Kier alpha value is -3.41. The largest absolute Gasteiger partial charge is 0.465 e. The third kappa shape index (κ3) is 3.49. The third-order valence-corrected chi connectivity index (χ3v) is 5.58. The highest BCUT2D eigenvalue weighted by Crippen LogP contribution is 2.38. The van der Waals surface area contributed by atoms with Crippen molar-refractivity contribution in [3.63, 3.8) is 0 Å². The summed E-state index contributed by atoms with van der Waals surface area (Å²) in [5.41, 5.74) is 3.92. The minimum atomic E-state index is -0.847. The van der Waals surface area contributed by atoms with E-state index in [0.717, 1.165) is 52.8 Å². The van der Waals surface area contributed by atoms with E-state index in [1.165, 1.54) is 0 Å². The fourth-order valence-electron chi connectivity index (χ4n) is 3.88. The lowest BCUT2D eigenvalue weighted by Gasteiger charge is -2.16. The molecule has 1 fully saturated rings. The summed E-state index contributed by atoms with van der Waals surface area (Å²) in [6.45, 7) is 1.61. The summed E-state index contributed by atoms with van der Waals surface area (Å²) in [7, 11) is 0. The first-order valence-electron chi connectivity index (χ1n) is 10.3. The molecule has 1 amide bonds. The zero-order valence-electron chi connectivity index (χ0n) is 16.7. The molecule has 2 aliphatic rings. The molecule has 1 saturated carbocycles. The van der Waals surface area contributed by atoms with Crippen LogP contribution in [0.3, 0.4) is 0 Å². The number of rotatable bonds is 5. The van der Waals surface area contributed by atoms with Crippen molar-refractivity contribution in [1.82, 2.24) is 10.3 Å². The first-order valence-corrected chi connectivity index (χ1v) is 10.3. The van der Waals surface area contributed by atoms with Gasteiger partial charge in [-0.1, -0.05) is 18.2 Å². The van der Waals surface area contributed by atoms with Crippen LogP contribution in [0.1, 0.15) is 53.6 Å². The molecule has 0 aliphatic heterocycles. The highest BCUT2D eigenvalue weighted by atomic mass is 16.5. The number of allylic oxidation sites excluding steroid dienone is 1. The van der Waals surface area contributed by atoms with E-state index in [1.807, 2.05) is 42.5 Å². The predicted molar refractivity (Wildman–Crippen MR) is 113 cm³/mol. The second-order valence-corrected chi connectivity index (χ2v) is 7.85. The Morgan fingerprint density at radius 3 is 2.80 bits per heavy atom. The van der Waals surface area contributed by atoms with Crippen LogP contribution in [-0.2, 0) is 16.0 Å². The number of hydrogen-bond donors (Lipinski definition) is 1. The van der Waals surface area contributed by atoms with E-state index in [2.05, 4.69) is 5.32 Å². The van der Waals surface area contributed by atoms with Crippen LogP contribution in [0.25, 0.3) is 22.6 Å². The summed E-state index contributed by atoms with van der Waals surface area (Å²) < 4.78 is 11.0. The molecule has 5 rings (SSSR count). The average molecular weight is 402 g/mol. The quantitative estimate of drug-likeness (QED) is 0.649. The molecule has 6 heteroatoms. The van der Waals surface area contributed by atoms with Crippen molar-refractivity contribution in [2.24, 2.45) is 0 Å². The Morgan fingerprint density at radius 2 is 2.03 bits per heavy atom. The molecule has 1 atom stereocenters. The number of carbonyl (C=O) groups is 2. The van der Waals surface area contributed by atoms with Gasteiger partial charge in [-0.2, -0.15) is 0 Å². The van der Waals surface area contributed by atoms with Crippen LogP contribution >= 0.6 is 0 Å². The number of amides is 1. The van der Waals surface area contributed by atoms with Gasteiger partial charge in [0.1, 0.15) is 5.76 Å². The molecule has 0 saturated heterocycles. The fraction of sp³-hybridized carbons (Fsp3) is 0.292. The number of ether oxygens (including phenoxy) is 1. The van der Waals surface area contributed by atoms with E-state index in [1.54, 1.807) is 13.2 Å². The minimum absolute atomic E-state index is 0.221. The molecule has 0 bridgehead atoms. The predicted octanol–water partition coefficient (Wildman–Crippen LogP) is 4.14. The molecule has 2 aliphatic carbocycles. The van der Waals surface area contributed by atoms with Crippen molar-refractivity contribution in [1.29, 1.82) is 0 Å². The Bertz CT molecular complexity index is 1160. The number of nitrogens with one attached hydrogen (secondary N) is 1. The molecule has 2 heterocycles. The molecular weight excluding hydrogens is 380 g/mol. The molecule has 152 valence electrons. The first-order chi connectivity index (χ1) is 14.6. The van der Waals surface area contributed by atoms with Crippen molar-refractivity contribution in [2.75, 3.05) is 0 Å². The summed E-state index contributed by atoms with van der Waals surface area (Å²) in [5.74, 6) is 0.0177. The van der Waals surface area contributed by atoms with Crippen LogP contribution in [0.2, 0.25) is 0 Å². The fourth-order valence-corrected chi connectivity index (χ4v) is 3.88. The number of nitrogens with zero attached hydrogens (tertiary/aromatic N) is 1. The van der Waals surface area contributed by atoms with E-state index in [-0.39, 0.29) is 11.9 Å². The van der Waals surface area contributed by atoms with E-state index in [9.17, 15) is 9.59 Å². The topological polar surface area (TPSA) is 81.4 Å². The maximum Gasteiger partial charge on any atom is 0.339 e. The summed E-state index contributed by atoms with van der Waals surface area (Å²) >= 11 is 0. The van der Waals surface area contributed by atoms with Crippen molar-refractivity contribution in [3.8, 4) is 0 Å².